The first-order chi connectivity index (χ1) is 8.70. The average Bonchev–Trinajstić information content (AvgIpc) is 2.38. The average molecular weight is 307 g/mol. The van der Waals surface area contributed by atoms with Gasteiger partial charge in [-0.3, -0.25) is 4.98 Å². The van der Waals surface area contributed by atoms with Gasteiger partial charge < -0.3 is 10.5 Å². The molecule has 0 spiro atoms. The number of hydrogen-bond donors (Lipinski definition) is 1. The van der Waals surface area contributed by atoms with Crippen molar-refractivity contribution < 1.29 is 4.74 Å². The largest absolute Gasteiger partial charge is 0.455 e. The van der Waals surface area contributed by atoms with Crippen molar-refractivity contribution in [3.05, 3.63) is 52.8 Å². The molecule has 0 radical (unpaired) electrons. The minimum Gasteiger partial charge on any atom is -0.455 e. The number of rotatable bonds is 4. The van der Waals surface area contributed by atoms with Gasteiger partial charge >= 0.3 is 0 Å². The number of nitrogens with zero attached hydrogens (tertiary/aromatic N) is 1. The normalized spacial score (nSPS) is 12.2. The van der Waals surface area contributed by atoms with Crippen molar-refractivity contribution in [1.82, 2.24) is 4.98 Å². The summed E-state index contributed by atoms with van der Waals surface area (Å²) in [5.41, 5.74) is 7.09. The first-order valence-corrected chi connectivity index (χ1v) is 6.63. The number of halogens is 1. The Labute approximate surface area is 115 Å². The highest BCUT2D eigenvalue weighted by Gasteiger charge is 2.10. The lowest BCUT2D eigenvalue weighted by molar-refractivity contribution is 0.466. The summed E-state index contributed by atoms with van der Waals surface area (Å²) in [6.45, 7) is 2.06. The quantitative estimate of drug-likeness (QED) is 0.927. The van der Waals surface area contributed by atoms with E-state index in [0.717, 1.165) is 22.2 Å². The van der Waals surface area contributed by atoms with Gasteiger partial charge in [-0.15, -0.1) is 0 Å². The molecule has 18 heavy (non-hydrogen) atoms. The predicted molar refractivity (Wildman–Crippen MR) is 75.7 cm³/mol. The molecular formula is C14H15BrN2O. The minimum absolute atomic E-state index is 0.0127. The summed E-state index contributed by atoms with van der Waals surface area (Å²) in [7, 11) is 0. The van der Waals surface area contributed by atoms with Crippen molar-refractivity contribution >= 4 is 15.9 Å². The summed E-state index contributed by atoms with van der Waals surface area (Å²) in [6.07, 6.45) is 4.27. The Hall–Kier alpha value is -1.39. The summed E-state index contributed by atoms with van der Waals surface area (Å²) in [5.74, 6) is 1.48. The highest BCUT2D eigenvalue weighted by Crippen LogP contribution is 2.30. The predicted octanol–water partition coefficient (Wildman–Crippen LogP) is 4.05. The van der Waals surface area contributed by atoms with E-state index >= 15 is 0 Å². The monoisotopic (exact) mass is 306 g/mol. The molecule has 3 nitrogen and oxygen atoms in total. The zero-order chi connectivity index (χ0) is 13.0. The molecule has 1 aromatic heterocycles. The van der Waals surface area contributed by atoms with E-state index in [1.54, 1.807) is 12.4 Å². The number of nitrogens with two attached hydrogens (primary N) is 1. The Morgan fingerprint density at radius 1 is 1.33 bits per heavy atom. The Bertz CT molecular complexity index is 531. The number of benzene rings is 1. The van der Waals surface area contributed by atoms with E-state index in [1.807, 2.05) is 30.3 Å². The first-order valence-electron chi connectivity index (χ1n) is 5.83. The van der Waals surface area contributed by atoms with E-state index in [9.17, 15) is 0 Å². The lowest BCUT2D eigenvalue weighted by Crippen LogP contribution is -2.09. The molecule has 0 saturated heterocycles. The molecule has 94 valence electrons. The number of aromatic nitrogens is 1. The fourth-order valence-corrected chi connectivity index (χ4v) is 2.02. The Kier molecular flexibility index (Phi) is 4.33. The van der Waals surface area contributed by atoms with Crippen LogP contribution in [0, 0.1) is 0 Å². The molecule has 0 fully saturated rings. The standard InChI is InChI=1S/C14H15BrN2O/c1-2-13(16)12-5-3-4-6-14(12)18-11-7-10(15)8-17-9-11/h3-9,13H,2,16H2,1H3/t13-/m1/s1. The van der Waals surface area contributed by atoms with E-state index in [-0.39, 0.29) is 6.04 Å². The van der Waals surface area contributed by atoms with Crippen LogP contribution in [0.4, 0.5) is 0 Å². The minimum atomic E-state index is -0.0127. The highest BCUT2D eigenvalue weighted by atomic mass is 79.9. The summed E-state index contributed by atoms with van der Waals surface area (Å²) >= 11 is 3.37. The van der Waals surface area contributed by atoms with Crippen LogP contribution in [0.1, 0.15) is 24.9 Å². The van der Waals surface area contributed by atoms with E-state index in [0.29, 0.717) is 5.75 Å². The van der Waals surface area contributed by atoms with E-state index in [1.165, 1.54) is 0 Å². The molecule has 0 aliphatic rings. The molecule has 1 heterocycles. The van der Waals surface area contributed by atoms with Crippen LogP contribution in [0.25, 0.3) is 0 Å². The van der Waals surface area contributed by atoms with Crippen LogP contribution in [0.5, 0.6) is 11.5 Å². The molecule has 0 aliphatic carbocycles. The molecule has 2 N–H and O–H groups in total. The molecule has 4 heteroatoms. The summed E-state index contributed by atoms with van der Waals surface area (Å²) < 4.78 is 6.73. The van der Waals surface area contributed by atoms with Crippen molar-refractivity contribution in [1.29, 1.82) is 0 Å². The van der Waals surface area contributed by atoms with E-state index < -0.39 is 0 Å². The molecule has 0 saturated carbocycles. The van der Waals surface area contributed by atoms with Gasteiger partial charge in [0.25, 0.3) is 0 Å². The van der Waals surface area contributed by atoms with Gasteiger partial charge in [0.2, 0.25) is 0 Å². The molecule has 2 aromatic rings. The Morgan fingerprint density at radius 2 is 2.11 bits per heavy atom. The van der Waals surface area contributed by atoms with Crippen molar-refractivity contribution in [2.45, 2.75) is 19.4 Å². The van der Waals surface area contributed by atoms with Gasteiger partial charge in [-0.05, 0) is 34.5 Å². The molecule has 0 amide bonds. The fraction of sp³-hybridized carbons (Fsp3) is 0.214. The third kappa shape index (κ3) is 3.09. The second kappa shape index (κ2) is 5.98. The van der Waals surface area contributed by atoms with Crippen molar-refractivity contribution in [2.24, 2.45) is 5.73 Å². The van der Waals surface area contributed by atoms with Crippen LogP contribution in [-0.2, 0) is 0 Å². The molecule has 0 bridgehead atoms. The third-order valence-corrected chi connectivity index (χ3v) is 3.10. The summed E-state index contributed by atoms with van der Waals surface area (Å²) in [6, 6.07) is 9.69. The first kappa shape index (κ1) is 13.1. The van der Waals surface area contributed by atoms with Gasteiger partial charge in [0, 0.05) is 22.3 Å². The second-order valence-electron chi connectivity index (χ2n) is 3.99. The van der Waals surface area contributed by atoms with Gasteiger partial charge in [0.15, 0.2) is 0 Å². The molecule has 1 atom stereocenters. The number of hydrogen-bond acceptors (Lipinski definition) is 3. The smallest absolute Gasteiger partial charge is 0.146 e. The molecule has 0 unspecified atom stereocenters. The van der Waals surface area contributed by atoms with Crippen LogP contribution in [0.15, 0.2) is 47.2 Å². The number of ether oxygens (including phenoxy) is 1. The zero-order valence-electron chi connectivity index (χ0n) is 10.1. The lowest BCUT2D eigenvalue weighted by Gasteiger charge is -2.15. The van der Waals surface area contributed by atoms with Gasteiger partial charge in [0.05, 0.1) is 6.20 Å². The fourth-order valence-electron chi connectivity index (χ4n) is 1.67. The van der Waals surface area contributed by atoms with Crippen LogP contribution in [-0.4, -0.2) is 4.98 Å². The SMILES string of the molecule is CC[C@@H](N)c1ccccc1Oc1cncc(Br)c1. The zero-order valence-corrected chi connectivity index (χ0v) is 11.7. The Morgan fingerprint density at radius 3 is 2.83 bits per heavy atom. The molecular weight excluding hydrogens is 292 g/mol. The molecule has 1 aromatic carbocycles. The van der Waals surface area contributed by atoms with Gasteiger partial charge in [0.1, 0.15) is 11.5 Å². The second-order valence-corrected chi connectivity index (χ2v) is 4.91. The molecule has 2 rings (SSSR count). The lowest BCUT2D eigenvalue weighted by atomic mass is 10.0. The van der Waals surface area contributed by atoms with Crippen LogP contribution in [0.2, 0.25) is 0 Å². The van der Waals surface area contributed by atoms with Crippen LogP contribution >= 0.6 is 15.9 Å². The maximum absolute atomic E-state index is 6.07. The van der Waals surface area contributed by atoms with Crippen LogP contribution in [0.3, 0.4) is 0 Å². The van der Waals surface area contributed by atoms with Gasteiger partial charge in [-0.1, -0.05) is 25.1 Å². The number of para-hydroxylation sites is 1. The third-order valence-electron chi connectivity index (χ3n) is 2.67. The van der Waals surface area contributed by atoms with Crippen molar-refractivity contribution in [3.63, 3.8) is 0 Å². The highest BCUT2D eigenvalue weighted by molar-refractivity contribution is 9.10. The number of pyridine rings is 1. The molecule has 0 aliphatic heterocycles. The maximum Gasteiger partial charge on any atom is 0.146 e. The van der Waals surface area contributed by atoms with Crippen LogP contribution < -0.4 is 10.5 Å². The van der Waals surface area contributed by atoms with Gasteiger partial charge in [-0.2, -0.15) is 0 Å². The summed E-state index contributed by atoms with van der Waals surface area (Å²) in [4.78, 5) is 4.07. The van der Waals surface area contributed by atoms with E-state index in [4.69, 9.17) is 10.5 Å². The van der Waals surface area contributed by atoms with E-state index in [2.05, 4.69) is 27.8 Å². The van der Waals surface area contributed by atoms with Crippen molar-refractivity contribution in [2.75, 3.05) is 0 Å². The van der Waals surface area contributed by atoms with Crippen molar-refractivity contribution in [3.8, 4) is 11.5 Å². The maximum atomic E-state index is 6.07. The van der Waals surface area contributed by atoms with Gasteiger partial charge in [-0.25, -0.2) is 0 Å². The topological polar surface area (TPSA) is 48.1 Å². The summed E-state index contributed by atoms with van der Waals surface area (Å²) in [5, 5.41) is 0. The Balaban J connectivity index is 2.29.